The number of allylic oxidation sites excluding steroid dienone is 4. The standard InChI is InChI=1S/C9H7.C5H5.V/c1-2-5-9-7-3-6-8(9)4-1;1-2-4-5-3-1;/h1-7H;1-3H,4H2;/q2*-1;+2. The van der Waals surface area contributed by atoms with Gasteiger partial charge in [-0.1, -0.05) is 6.07 Å². The van der Waals surface area contributed by atoms with Crippen molar-refractivity contribution >= 4 is 10.8 Å². The molecular weight excluding hydrogens is 219 g/mol. The summed E-state index contributed by atoms with van der Waals surface area (Å²) >= 11 is 0. The molecule has 0 nitrogen and oxygen atoms in total. The van der Waals surface area contributed by atoms with E-state index in [0.29, 0.717) is 0 Å². The first kappa shape index (κ1) is 12.0. The summed E-state index contributed by atoms with van der Waals surface area (Å²) in [6.07, 6.45) is 10.0. The summed E-state index contributed by atoms with van der Waals surface area (Å²) in [4.78, 5) is 0. The fourth-order valence-corrected chi connectivity index (χ4v) is 1.41. The smallest absolute Gasteiger partial charge is 0.273 e. The molecule has 0 bridgehead atoms. The van der Waals surface area contributed by atoms with Gasteiger partial charge >= 0.3 is 18.6 Å². The van der Waals surface area contributed by atoms with Crippen molar-refractivity contribution in [3.05, 3.63) is 66.8 Å². The average Bonchev–Trinajstić information content (AvgIpc) is 2.92. The van der Waals surface area contributed by atoms with E-state index in [0.717, 1.165) is 6.42 Å². The van der Waals surface area contributed by atoms with E-state index in [1.54, 1.807) is 0 Å². The Balaban J connectivity index is 0.000000162. The fraction of sp³-hybridized carbons (Fsp3) is 0.0714. The van der Waals surface area contributed by atoms with Gasteiger partial charge in [0.25, 0.3) is 0 Å². The van der Waals surface area contributed by atoms with Crippen LogP contribution in [0.25, 0.3) is 10.8 Å². The summed E-state index contributed by atoms with van der Waals surface area (Å²) in [5.74, 6) is 0. The van der Waals surface area contributed by atoms with Crippen LogP contribution in [0.15, 0.2) is 60.7 Å². The van der Waals surface area contributed by atoms with E-state index in [9.17, 15) is 0 Å². The van der Waals surface area contributed by atoms with Gasteiger partial charge in [-0.05, 0) is 0 Å². The summed E-state index contributed by atoms with van der Waals surface area (Å²) in [5.41, 5.74) is 0. The van der Waals surface area contributed by atoms with Gasteiger partial charge in [-0.25, -0.2) is 12.2 Å². The van der Waals surface area contributed by atoms with Crippen molar-refractivity contribution in [1.82, 2.24) is 0 Å². The maximum absolute atomic E-state index is 2.99. The third kappa shape index (κ3) is 3.51. The van der Waals surface area contributed by atoms with Crippen LogP contribution in [0.3, 0.4) is 0 Å². The van der Waals surface area contributed by atoms with Gasteiger partial charge in [-0.2, -0.15) is 23.6 Å². The summed E-state index contributed by atoms with van der Waals surface area (Å²) in [6.45, 7) is 0. The van der Waals surface area contributed by atoms with Crippen LogP contribution in [0.4, 0.5) is 0 Å². The molecule has 2 aromatic carbocycles. The predicted octanol–water partition coefficient (Wildman–Crippen LogP) is 3.86. The molecule has 1 heteroatoms. The van der Waals surface area contributed by atoms with E-state index in [4.69, 9.17) is 0 Å². The molecule has 3 rings (SSSR count). The number of rotatable bonds is 0. The quantitative estimate of drug-likeness (QED) is 0.604. The monoisotopic (exact) mass is 231 g/mol. The molecule has 1 radical (unpaired) electrons. The van der Waals surface area contributed by atoms with Gasteiger partial charge < -0.3 is 0 Å². The molecule has 0 unspecified atom stereocenters. The Labute approximate surface area is 103 Å². The maximum atomic E-state index is 2.99. The minimum absolute atomic E-state index is 0. The molecule has 0 N–H and O–H groups in total. The minimum atomic E-state index is 0. The van der Waals surface area contributed by atoms with Gasteiger partial charge in [0.1, 0.15) is 0 Å². The second-order valence-electron chi connectivity index (χ2n) is 3.16. The van der Waals surface area contributed by atoms with Crippen molar-refractivity contribution in [2.24, 2.45) is 0 Å². The summed E-state index contributed by atoms with van der Waals surface area (Å²) in [6, 6.07) is 14.7. The molecule has 0 saturated carbocycles. The third-order valence-corrected chi connectivity index (χ3v) is 2.13. The third-order valence-electron chi connectivity index (χ3n) is 2.13. The Morgan fingerprint density at radius 3 is 2.60 bits per heavy atom. The van der Waals surface area contributed by atoms with Crippen LogP contribution in [0.5, 0.6) is 0 Å². The molecule has 1 aliphatic carbocycles. The van der Waals surface area contributed by atoms with E-state index < -0.39 is 0 Å². The summed E-state index contributed by atoms with van der Waals surface area (Å²) < 4.78 is 0. The molecule has 15 heavy (non-hydrogen) atoms. The van der Waals surface area contributed by atoms with Crippen LogP contribution in [0.2, 0.25) is 0 Å². The van der Waals surface area contributed by atoms with Gasteiger partial charge in [0.2, 0.25) is 0 Å². The minimum Gasteiger partial charge on any atom is -0.273 e. The fourth-order valence-electron chi connectivity index (χ4n) is 1.41. The van der Waals surface area contributed by atoms with Crippen molar-refractivity contribution in [3.8, 4) is 0 Å². The van der Waals surface area contributed by atoms with Crippen LogP contribution >= 0.6 is 0 Å². The Morgan fingerprint density at radius 2 is 2.00 bits per heavy atom. The molecule has 73 valence electrons. The van der Waals surface area contributed by atoms with Gasteiger partial charge in [0.05, 0.1) is 0 Å². The molecular formula is C14H12V. The van der Waals surface area contributed by atoms with E-state index in [2.05, 4.69) is 54.6 Å². The van der Waals surface area contributed by atoms with Gasteiger partial charge in [0, 0.05) is 0 Å². The number of hydrogen-bond acceptors (Lipinski definition) is 0. The number of benzene rings is 1. The Bertz CT molecular complexity index is 409. The Kier molecular flexibility index (Phi) is 5.10. The van der Waals surface area contributed by atoms with Crippen molar-refractivity contribution in [3.63, 3.8) is 0 Å². The van der Waals surface area contributed by atoms with Crippen LogP contribution in [-0.2, 0) is 18.6 Å². The molecule has 0 aromatic heterocycles. The zero-order valence-electron chi connectivity index (χ0n) is 8.43. The van der Waals surface area contributed by atoms with E-state index in [-0.39, 0.29) is 18.6 Å². The Hall–Kier alpha value is -1.11. The van der Waals surface area contributed by atoms with Crippen LogP contribution < -0.4 is 0 Å². The zero-order chi connectivity index (χ0) is 9.64. The largest absolute Gasteiger partial charge is 2.00 e. The summed E-state index contributed by atoms with van der Waals surface area (Å²) in [5, 5.41) is 2.66. The van der Waals surface area contributed by atoms with Crippen molar-refractivity contribution in [2.75, 3.05) is 0 Å². The van der Waals surface area contributed by atoms with Gasteiger partial charge in [-0.15, -0.1) is 36.1 Å². The molecule has 0 amide bonds. The van der Waals surface area contributed by atoms with Crippen LogP contribution in [0, 0.1) is 6.08 Å². The second kappa shape index (κ2) is 6.39. The normalized spacial score (nSPS) is 12.0. The Morgan fingerprint density at radius 1 is 1.13 bits per heavy atom. The molecule has 0 saturated heterocycles. The average molecular weight is 231 g/mol. The zero-order valence-corrected chi connectivity index (χ0v) is 9.82. The van der Waals surface area contributed by atoms with Gasteiger partial charge in [-0.3, -0.25) is 6.08 Å². The second-order valence-corrected chi connectivity index (χ2v) is 3.16. The first-order valence-corrected chi connectivity index (χ1v) is 4.79. The molecule has 2 aromatic rings. The van der Waals surface area contributed by atoms with Crippen molar-refractivity contribution < 1.29 is 18.6 Å². The molecule has 0 fully saturated rings. The summed E-state index contributed by atoms with van der Waals surface area (Å²) in [7, 11) is 0. The molecule has 0 aliphatic heterocycles. The van der Waals surface area contributed by atoms with E-state index >= 15 is 0 Å². The van der Waals surface area contributed by atoms with E-state index in [1.807, 2.05) is 12.2 Å². The molecule has 0 atom stereocenters. The SMILES string of the molecule is [C-]1=CC=CC1.[V+2].c1ccc2[cH-]ccc2c1. The molecule has 0 heterocycles. The van der Waals surface area contributed by atoms with Crippen LogP contribution in [0.1, 0.15) is 6.42 Å². The first-order valence-electron chi connectivity index (χ1n) is 4.79. The van der Waals surface area contributed by atoms with Gasteiger partial charge in [0.15, 0.2) is 0 Å². The van der Waals surface area contributed by atoms with Crippen LogP contribution in [-0.4, -0.2) is 0 Å². The first-order chi connectivity index (χ1) is 6.97. The van der Waals surface area contributed by atoms with Crippen molar-refractivity contribution in [1.29, 1.82) is 0 Å². The molecule has 0 spiro atoms. The number of hydrogen-bond donors (Lipinski definition) is 0. The number of fused-ring (bicyclic) bond motifs is 1. The van der Waals surface area contributed by atoms with Crippen molar-refractivity contribution in [2.45, 2.75) is 6.42 Å². The molecule has 1 aliphatic rings. The predicted molar refractivity (Wildman–Crippen MR) is 61.1 cm³/mol. The topological polar surface area (TPSA) is 0 Å². The maximum Gasteiger partial charge on any atom is 2.00 e. The van der Waals surface area contributed by atoms with E-state index in [1.165, 1.54) is 10.8 Å².